The predicted octanol–water partition coefficient (Wildman–Crippen LogP) is 1.73. The van der Waals surface area contributed by atoms with Crippen molar-refractivity contribution < 1.29 is 9.90 Å². The van der Waals surface area contributed by atoms with Crippen LogP contribution in [0.2, 0.25) is 0 Å². The summed E-state index contributed by atoms with van der Waals surface area (Å²) in [5.74, 6) is -0.864. The molecule has 0 saturated carbocycles. The van der Waals surface area contributed by atoms with Gasteiger partial charge in [0.2, 0.25) is 0 Å². The molecular formula is C11H11N3O2S. The molecule has 5 nitrogen and oxygen atoms in total. The number of hydrogen-bond acceptors (Lipinski definition) is 4. The number of aliphatic carboxylic acids is 1. The SMILES string of the molecule is CSC(=Nc1ccc(CC(=O)O)cc1)NC#N. The first-order valence-corrected chi connectivity index (χ1v) is 5.96. The smallest absolute Gasteiger partial charge is 0.307 e. The first kappa shape index (κ1) is 13.1. The van der Waals surface area contributed by atoms with Gasteiger partial charge in [0.05, 0.1) is 12.1 Å². The number of carbonyl (C=O) groups is 1. The Hall–Kier alpha value is -2.00. The fourth-order valence-corrected chi connectivity index (χ4v) is 1.50. The number of nitrogens with one attached hydrogen (secondary N) is 1. The first-order chi connectivity index (χ1) is 8.15. The summed E-state index contributed by atoms with van der Waals surface area (Å²) < 4.78 is 0. The lowest BCUT2D eigenvalue weighted by atomic mass is 10.1. The normalized spacial score (nSPS) is 10.7. The van der Waals surface area contributed by atoms with E-state index in [4.69, 9.17) is 10.4 Å². The minimum atomic E-state index is -0.864. The van der Waals surface area contributed by atoms with Crippen LogP contribution >= 0.6 is 11.8 Å². The van der Waals surface area contributed by atoms with E-state index >= 15 is 0 Å². The lowest BCUT2D eigenvalue weighted by molar-refractivity contribution is -0.136. The van der Waals surface area contributed by atoms with Crippen molar-refractivity contribution >= 4 is 28.6 Å². The van der Waals surface area contributed by atoms with Gasteiger partial charge in [-0.25, -0.2) is 4.99 Å². The molecule has 0 spiro atoms. The molecule has 0 fully saturated rings. The number of carboxylic acid groups (broad SMARTS) is 1. The number of thioether (sulfide) groups is 1. The van der Waals surface area contributed by atoms with Crippen molar-refractivity contribution in [3.05, 3.63) is 29.8 Å². The summed E-state index contributed by atoms with van der Waals surface area (Å²) in [6.07, 6.45) is 3.60. The van der Waals surface area contributed by atoms with Crippen LogP contribution in [0.3, 0.4) is 0 Å². The topological polar surface area (TPSA) is 85.5 Å². The van der Waals surface area contributed by atoms with Crippen molar-refractivity contribution in [1.29, 1.82) is 5.26 Å². The molecule has 0 aromatic heterocycles. The van der Waals surface area contributed by atoms with Gasteiger partial charge in [0.25, 0.3) is 0 Å². The zero-order valence-corrected chi connectivity index (χ0v) is 9.99. The summed E-state index contributed by atoms with van der Waals surface area (Å²) in [5, 5.41) is 20.0. The van der Waals surface area contributed by atoms with Crippen molar-refractivity contribution in [3.63, 3.8) is 0 Å². The van der Waals surface area contributed by atoms with Gasteiger partial charge in [0.15, 0.2) is 11.4 Å². The van der Waals surface area contributed by atoms with Gasteiger partial charge in [0.1, 0.15) is 0 Å². The van der Waals surface area contributed by atoms with E-state index in [2.05, 4.69) is 10.3 Å². The summed E-state index contributed by atoms with van der Waals surface area (Å²) in [6.45, 7) is 0. The van der Waals surface area contributed by atoms with Crippen LogP contribution in [0.25, 0.3) is 0 Å². The second kappa shape index (κ2) is 6.55. The van der Waals surface area contributed by atoms with Crippen LogP contribution in [-0.4, -0.2) is 22.5 Å². The van der Waals surface area contributed by atoms with Crippen molar-refractivity contribution in [3.8, 4) is 6.19 Å². The number of rotatable bonds is 3. The molecule has 6 heteroatoms. The van der Waals surface area contributed by atoms with E-state index in [1.807, 2.05) is 6.26 Å². The van der Waals surface area contributed by atoms with E-state index < -0.39 is 5.97 Å². The van der Waals surface area contributed by atoms with Crippen LogP contribution in [0.1, 0.15) is 5.56 Å². The van der Waals surface area contributed by atoms with Crippen molar-refractivity contribution in [2.24, 2.45) is 4.99 Å². The zero-order valence-electron chi connectivity index (χ0n) is 9.17. The third-order valence-electron chi connectivity index (χ3n) is 1.88. The first-order valence-electron chi connectivity index (χ1n) is 4.74. The minimum absolute atomic E-state index is 0.00414. The van der Waals surface area contributed by atoms with Crippen molar-refractivity contribution in [2.45, 2.75) is 6.42 Å². The number of hydrogen-bond donors (Lipinski definition) is 2. The average Bonchev–Trinajstić information content (AvgIpc) is 2.30. The highest BCUT2D eigenvalue weighted by Gasteiger charge is 2.00. The van der Waals surface area contributed by atoms with Gasteiger partial charge in [-0.05, 0) is 24.0 Å². The fourth-order valence-electron chi connectivity index (χ4n) is 1.15. The summed E-state index contributed by atoms with van der Waals surface area (Å²) in [6, 6.07) is 6.84. The third-order valence-corrected chi connectivity index (χ3v) is 2.46. The Morgan fingerprint density at radius 2 is 2.18 bits per heavy atom. The molecule has 0 unspecified atom stereocenters. The highest BCUT2D eigenvalue weighted by molar-refractivity contribution is 8.13. The molecule has 2 N–H and O–H groups in total. The lowest BCUT2D eigenvalue weighted by Crippen LogP contribution is -2.12. The molecule has 1 aromatic rings. The molecule has 1 aromatic carbocycles. The second-order valence-corrected chi connectivity index (χ2v) is 3.89. The maximum Gasteiger partial charge on any atom is 0.307 e. The van der Waals surface area contributed by atoms with Gasteiger partial charge in [-0.3, -0.25) is 10.1 Å². The predicted molar refractivity (Wildman–Crippen MR) is 67.1 cm³/mol. The Labute approximate surface area is 103 Å². The van der Waals surface area contributed by atoms with Crippen LogP contribution < -0.4 is 5.32 Å². The van der Waals surface area contributed by atoms with Crippen molar-refractivity contribution in [1.82, 2.24) is 5.32 Å². The molecule has 1 rings (SSSR count). The van der Waals surface area contributed by atoms with Gasteiger partial charge < -0.3 is 5.11 Å². The Morgan fingerprint density at radius 1 is 1.53 bits per heavy atom. The standard InChI is InChI=1S/C11H11N3O2S/c1-17-11(13-7-12)14-9-4-2-8(3-5-9)6-10(15)16/h2-5H,6H2,1H3,(H,13,14)(H,15,16). The molecule has 0 heterocycles. The van der Waals surface area contributed by atoms with Gasteiger partial charge in [0, 0.05) is 0 Å². The zero-order chi connectivity index (χ0) is 12.7. The summed E-state index contributed by atoms with van der Waals surface area (Å²) in [5.41, 5.74) is 1.39. The minimum Gasteiger partial charge on any atom is -0.481 e. The van der Waals surface area contributed by atoms with Crippen LogP contribution in [0.4, 0.5) is 5.69 Å². The third kappa shape index (κ3) is 4.57. The number of aliphatic imine (C=N–C) groups is 1. The van der Waals surface area contributed by atoms with Gasteiger partial charge in [-0.1, -0.05) is 23.9 Å². The maximum absolute atomic E-state index is 10.5. The summed E-state index contributed by atoms with van der Waals surface area (Å²) >= 11 is 1.33. The highest BCUT2D eigenvalue weighted by Crippen LogP contribution is 2.15. The molecule has 0 atom stereocenters. The van der Waals surface area contributed by atoms with Gasteiger partial charge in [-0.2, -0.15) is 5.26 Å². The Morgan fingerprint density at radius 3 is 2.65 bits per heavy atom. The fraction of sp³-hybridized carbons (Fsp3) is 0.182. The van der Waals surface area contributed by atoms with E-state index in [0.29, 0.717) is 10.9 Å². The quantitative estimate of drug-likeness (QED) is 0.369. The Bertz CT molecular complexity index is 463. The van der Waals surface area contributed by atoms with E-state index in [0.717, 1.165) is 5.56 Å². The second-order valence-electron chi connectivity index (χ2n) is 3.09. The Kier molecular flexibility index (Phi) is 5.04. The molecule has 0 radical (unpaired) electrons. The van der Waals surface area contributed by atoms with Crippen LogP contribution in [0, 0.1) is 11.5 Å². The van der Waals surface area contributed by atoms with E-state index in [1.165, 1.54) is 11.8 Å². The Balaban J connectivity index is 2.80. The van der Waals surface area contributed by atoms with Crippen LogP contribution in [0.5, 0.6) is 0 Å². The van der Waals surface area contributed by atoms with E-state index in [9.17, 15) is 4.79 Å². The van der Waals surface area contributed by atoms with E-state index in [1.54, 1.807) is 30.5 Å². The summed E-state index contributed by atoms with van der Waals surface area (Å²) in [4.78, 5) is 14.7. The number of amidine groups is 1. The molecule has 0 aliphatic heterocycles. The number of nitriles is 1. The van der Waals surface area contributed by atoms with Gasteiger partial charge >= 0.3 is 5.97 Å². The molecule has 0 amide bonds. The van der Waals surface area contributed by atoms with E-state index in [-0.39, 0.29) is 6.42 Å². The molecule has 88 valence electrons. The molecular weight excluding hydrogens is 238 g/mol. The number of carboxylic acids is 1. The largest absolute Gasteiger partial charge is 0.481 e. The summed E-state index contributed by atoms with van der Waals surface area (Å²) in [7, 11) is 0. The molecule has 0 saturated heterocycles. The van der Waals surface area contributed by atoms with Crippen LogP contribution in [-0.2, 0) is 11.2 Å². The number of nitrogens with zero attached hydrogens (tertiary/aromatic N) is 2. The molecule has 17 heavy (non-hydrogen) atoms. The van der Waals surface area contributed by atoms with Gasteiger partial charge in [-0.15, -0.1) is 0 Å². The average molecular weight is 249 g/mol. The lowest BCUT2D eigenvalue weighted by Gasteiger charge is -2.01. The maximum atomic E-state index is 10.5. The number of benzene rings is 1. The molecule has 0 aliphatic rings. The molecule has 0 bridgehead atoms. The van der Waals surface area contributed by atoms with Crippen molar-refractivity contribution in [2.75, 3.05) is 6.26 Å². The molecule has 0 aliphatic carbocycles. The highest BCUT2D eigenvalue weighted by atomic mass is 32.2. The monoisotopic (exact) mass is 249 g/mol. The van der Waals surface area contributed by atoms with Crippen LogP contribution in [0.15, 0.2) is 29.3 Å².